The van der Waals surface area contributed by atoms with Crippen LogP contribution in [-0.4, -0.2) is 27.9 Å². The lowest BCUT2D eigenvalue weighted by Gasteiger charge is -2.16. The number of nitrogens with zero attached hydrogens (tertiary/aromatic N) is 1. The number of nitrogens with one attached hydrogen (secondary N) is 3. The molecule has 4 aromatic rings. The number of thioether (sulfide) groups is 1. The number of hydrogen-bond acceptors (Lipinski definition) is 6. The molecule has 17 heteroatoms. The van der Waals surface area contributed by atoms with Gasteiger partial charge in [-0.15, -0.1) is 11.8 Å². The van der Waals surface area contributed by atoms with Gasteiger partial charge in [0.15, 0.2) is 23.3 Å². The number of alkyl halides is 3. The van der Waals surface area contributed by atoms with E-state index in [-0.39, 0.29) is 22.6 Å². The van der Waals surface area contributed by atoms with E-state index in [0.29, 0.717) is 10.5 Å². The summed E-state index contributed by atoms with van der Waals surface area (Å²) in [6.07, 6.45) is -4.45. The van der Waals surface area contributed by atoms with Crippen LogP contribution in [0.1, 0.15) is 28.4 Å². The van der Waals surface area contributed by atoms with Crippen molar-refractivity contribution in [3.63, 3.8) is 0 Å². The minimum absolute atomic E-state index is 0.192. The lowest BCUT2D eigenvalue weighted by atomic mass is 10.1. The minimum atomic E-state index is -5.74. The molecule has 4 rings (SSSR count). The zero-order chi connectivity index (χ0) is 36.0. The number of anilines is 2. The van der Waals surface area contributed by atoms with Gasteiger partial charge in [0.1, 0.15) is 16.9 Å². The minimum Gasteiger partial charge on any atom is -0.321 e. The van der Waals surface area contributed by atoms with Crippen molar-refractivity contribution >= 4 is 52.6 Å². The largest absolute Gasteiger partial charge is 0.422 e. The lowest BCUT2D eigenvalue weighted by Crippen LogP contribution is -2.30. The lowest BCUT2D eigenvalue weighted by molar-refractivity contribution is -0.384. The number of nitro benzene ring substituents is 1. The maximum absolute atomic E-state index is 14.2. The van der Waals surface area contributed by atoms with E-state index in [1.165, 1.54) is 73.7 Å². The van der Waals surface area contributed by atoms with Gasteiger partial charge < -0.3 is 16.0 Å². The summed E-state index contributed by atoms with van der Waals surface area (Å²) < 4.78 is 94.8. The number of nitro groups is 1. The molecule has 0 fully saturated rings. The van der Waals surface area contributed by atoms with Crippen LogP contribution in [-0.2, 0) is 15.8 Å². The predicted octanol–water partition coefficient (Wildman–Crippen LogP) is 7.70. The second-order valence-corrected chi connectivity index (χ2v) is 11.4. The maximum atomic E-state index is 14.2. The standard InChI is InChI=1S/C32H21F7N4O5S/c1-16(29(44)42-28-26(35)24(33)23(32(37,38)39)25(34)27(28)36)49-21-13-9-19(10-14-21)40-31(46)22(41-30(45)18-5-3-2-4-6-18)15-17-7-11-20(12-8-17)43(47)48/h2-16H,1H3,(H,40,46)(H,41,45)(H,42,44)/b22-15-. The normalized spacial score (nSPS) is 12.2. The van der Waals surface area contributed by atoms with Crippen molar-refractivity contribution in [2.24, 2.45) is 0 Å². The van der Waals surface area contributed by atoms with Crippen LogP contribution >= 0.6 is 11.8 Å². The van der Waals surface area contributed by atoms with Crippen molar-refractivity contribution < 1.29 is 50.0 Å². The molecule has 3 N–H and O–H groups in total. The molecule has 0 spiro atoms. The first-order valence-electron chi connectivity index (χ1n) is 13.7. The van der Waals surface area contributed by atoms with Crippen LogP contribution in [0.4, 0.5) is 47.8 Å². The highest BCUT2D eigenvalue weighted by atomic mass is 32.2. The third kappa shape index (κ3) is 8.81. The number of rotatable bonds is 10. The Hall–Kier alpha value is -5.71. The molecule has 0 heterocycles. The van der Waals surface area contributed by atoms with E-state index in [0.717, 1.165) is 11.8 Å². The van der Waals surface area contributed by atoms with Gasteiger partial charge in [0, 0.05) is 28.3 Å². The molecule has 0 aliphatic rings. The fraction of sp³-hybridized carbons (Fsp3) is 0.0938. The summed E-state index contributed by atoms with van der Waals surface area (Å²) >= 11 is 0.790. The van der Waals surface area contributed by atoms with Crippen molar-refractivity contribution in [1.29, 1.82) is 0 Å². The maximum Gasteiger partial charge on any atom is 0.422 e. The van der Waals surface area contributed by atoms with Gasteiger partial charge in [0.05, 0.1) is 10.2 Å². The second-order valence-electron chi connectivity index (χ2n) is 9.96. The molecule has 0 aliphatic carbocycles. The monoisotopic (exact) mass is 706 g/mol. The van der Waals surface area contributed by atoms with Crippen LogP contribution in [0.25, 0.3) is 6.08 Å². The van der Waals surface area contributed by atoms with E-state index in [2.05, 4.69) is 10.6 Å². The van der Waals surface area contributed by atoms with E-state index in [9.17, 15) is 55.2 Å². The number of amides is 3. The number of halogens is 7. The van der Waals surface area contributed by atoms with Gasteiger partial charge in [0.25, 0.3) is 17.5 Å². The summed E-state index contributed by atoms with van der Waals surface area (Å²) in [7, 11) is 0. The SMILES string of the molecule is CC(Sc1ccc(NC(=O)/C(=C/c2ccc([N+](=O)[O-])cc2)NC(=O)c2ccccc2)cc1)C(=O)Nc1c(F)c(F)c(C(F)(F)F)c(F)c1F. The second kappa shape index (κ2) is 15.0. The van der Waals surface area contributed by atoms with Crippen molar-refractivity contribution in [1.82, 2.24) is 5.32 Å². The third-order valence-corrected chi connectivity index (χ3v) is 7.64. The topological polar surface area (TPSA) is 130 Å². The van der Waals surface area contributed by atoms with E-state index in [1.807, 2.05) is 0 Å². The Morgan fingerprint density at radius 3 is 1.92 bits per heavy atom. The van der Waals surface area contributed by atoms with Crippen LogP contribution in [0.15, 0.2) is 89.5 Å². The van der Waals surface area contributed by atoms with Crippen molar-refractivity contribution in [2.75, 3.05) is 10.6 Å². The first-order chi connectivity index (χ1) is 23.1. The average molecular weight is 707 g/mol. The Morgan fingerprint density at radius 1 is 0.816 bits per heavy atom. The summed E-state index contributed by atoms with van der Waals surface area (Å²) in [5.74, 6) is -12.9. The first kappa shape index (κ1) is 36.1. The molecule has 1 atom stereocenters. The number of non-ortho nitro benzene ring substituents is 1. The van der Waals surface area contributed by atoms with E-state index < -0.39 is 68.6 Å². The van der Waals surface area contributed by atoms with Crippen LogP contribution in [0, 0.1) is 33.4 Å². The molecule has 0 bridgehead atoms. The van der Waals surface area contributed by atoms with Crippen molar-refractivity contribution in [3.05, 3.63) is 135 Å². The molecule has 4 aromatic carbocycles. The van der Waals surface area contributed by atoms with Gasteiger partial charge in [-0.05, 0) is 67.1 Å². The molecule has 0 saturated heterocycles. The smallest absolute Gasteiger partial charge is 0.321 e. The van der Waals surface area contributed by atoms with Crippen molar-refractivity contribution in [2.45, 2.75) is 23.2 Å². The van der Waals surface area contributed by atoms with Gasteiger partial charge in [-0.25, -0.2) is 17.6 Å². The van der Waals surface area contributed by atoms with Gasteiger partial charge in [0.2, 0.25) is 5.91 Å². The summed E-state index contributed by atoms with van der Waals surface area (Å²) in [6.45, 7) is 1.24. The number of carbonyl (C=O) groups is 3. The summed E-state index contributed by atoms with van der Waals surface area (Å²) in [4.78, 5) is 49.3. The first-order valence-corrected chi connectivity index (χ1v) is 14.6. The zero-order valence-electron chi connectivity index (χ0n) is 24.7. The molecular formula is C32H21F7N4O5S. The summed E-state index contributed by atoms with van der Waals surface area (Å²) in [5, 5.41) is 16.4. The molecule has 0 aliphatic heterocycles. The number of hydrogen-bond donors (Lipinski definition) is 3. The van der Waals surface area contributed by atoms with E-state index in [1.54, 1.807) is 23.5 Å². The molecule has 0 radical (unpaired) electrons. The van der Waals surface area contributed by atoms with Crippen molar-refractivity contribution in [3.8, 4) is 0 Å². The molecule has 0 aromatic heterocycles. The fourth-order valence-electron chi connectivity index (χ4n) is 4.09. The third-order valence-electron chi connectivity index (χ3n) is 6.53. The Morgan fingerprint density at radius 2 is 1.39 bits per heavy atom. The number of carbonyl (C=O) groups excluding carboxylic acids is 3. The molecule has 9 nitrogen and oxygen atoms in total. The Labute approximate surface area is 276 Å². The van der Waals surface area contributed by atoms with Crippen LogP contribution in [0.2, 0.25) is 0 Å². The highest BCUT2D eigenvalue weighted by molar-refractivity contribution is 8.00. The van der Waals surface area contributed by atoms with Gasteiger partial charge in [-0.2, -0.15) is 13.2 Å². The highest BCUT2D eigenvalue weighted by Gasteiger charge is 2.42. The zero-order valence-corrected chi connectivity index (χ0v) is 25.5. The summed E-state index contributed by atoms with van der Waals surface area (Å²) in [6, 6.07) is 18.8. The Kier molecular flexibility index (Phi) is 11.1. The quantitative estimate of drug-likeness (QED) is 0.0387. The predicted molar refractivity (Wildman–Crippen MR) is 165 cm³/mol. The summed E-state index contributed by atoms with van der Waals surface area (Å²) in [5.41, 5.74) is -4.12. The van der Waals surface area contributed by atoms with Gasteiger partial charge >= 0.3 is 6.18 Å². The fourth-order valence-corrected chi connectivity index (χ4v) is 4.96. The number of benzene rings is 4. The van der Waals surface area contributed by atoms with Crippen LogP contribution in [0.3, 0.4) is 0 Å². The van der Waals surface area contributed by atoms with E-state index >= 15 is 0 Å². The molecule has 254 valence electrons. The van der Waals surface area contributed by atoms with Crippen LogP contribution < -0.4 is 16.0 Å². The molecule has 49 heavy (non-hydrogen) atoms. The average Bonchev–Trinajstić information content (AvgIpc) is 3.06. The molecule has 0 saturated carbocycles. The molecular weight excluding hydrogens is 685 g/mol. The van der Waals surface area contributed by atoms with Gasteiger partial charge in [-0.1, -0.05) is 18.2 Å². The van der Waals surface area contributed by atoms with E-state index in [4.69, 9.17) is 0 Å². The van der Waals surface area contributed by atoms with Crippen LogP contribution in [0.5, 0.6) is 0 Å². The van der Waals surface area contributed by atoms with Gasteiger partial charge in [-0.3, -0.25) is 24.5 Å². The Bertz CT molecular complexity index is 1910. The highest BCUT2D eigenvalue weighted by Crippen LogP contribution is 2.38. The Balaban J connectivity index is 1.47. The molecule has 3 amide bonds. The molecule has 1 unspecified atom stereocenters.